The van der Waals surface area contributed by atoms with Crippen molar-refractivity contribution < 1.29 is 19.1 Å². The van der Waals surface area contributed by atoms with E-state index in [1.54, 1.807) is 36.4 Å². The summed E-state index contributed by atoms with van der Waals surface area (Å²) >= 11 is 1.44. The van der Waals surface area contributed by atoms with E-state index >= 15 is 0 Å². The van der Waals surface area contributed by atoms with Crippen molar-refractivity contribution in [3.05, 3.63) is 53.6 Å². The van der Waals surface area contributed by atoms with Crippen molar-refractivity contribution in [2.45, 2.75) is 26.5 Å². The summed E-state index contributed by atoms with van der Waals surface area (Å²) in [5.41, 5.74) is 2.75. The summed E-state index contributed by atoms with van der Waals surface area (Å²) in [6.45, 7) is 5.38. The molecule has 0 atom stereocenters. The predicted molar refractivity (Wildman–Crippen MR) is 113 cm³/mol. The van der Waals surface area contributed by atoms with Gasteiger partial charge in [-0.1, -0.05) is 6.07 Å². The first-order valence-corrected chi connectivity index (χ1v) is 10.1. The topological polar surface area (TPSA) is 84.5 Å². The molecule has 28 heavy (non-hydrogen) atoms. The number of ether oxygens (including phenoxy) is 1. The van der Waals surface area contributed by atoms with Crippen LogP contribution in [0.4, 0.5) is 11.4 Å². The molecule has 0 aliphatic carbocycles. The van der Waals surface area contributed by atoms with Crippen LogP contribution in [0.25, 0.3) is 0 Å². The molecule has 0 aliphatic rings. The van der Waals surface area contributed by atoms with Crippen molar-refractivity contribution in [3.63, 3.8) is 0 Å². The van der Waals surface area contributed by atoms with Crippen LogP contribution in [0.5, 0.6) is 5.75 Å². The van der Waals surface area contributed by atoms with Crippen molar-refractivity contribution in [2.75, 3.05) is 23.0 Å². The van der Waals surface area contributed by atoms with Crippen LogP contribution in [0.1, 0.15) is 36.7 Å². The number of ketones is 1. The third kappa shape index (κ3) is 6.74. The lowest BCUT2D eigenvalue weighted by molar-refractivity contribution is -0.114. The van der Waals surface area contributed by atoms with Crippen molar-refractivity contribution in [2.24, 2.45) is 0 Å². The van der Waals surface area contributed by atoms with Crippen molar-refractivity contribution in [3.8, 4) is 5.75 Å². The van der Waals surface area contributed by atoms with Gasteiger partial charge in [0.15, 0.2) is 5.78 Å². The van der Waals surface area contributed by atoms with Crippen LogP contribution in [-0.4, -0.2) is 30.0 Å². The minimum atomic E-state index is -0.170. The average Bonchev–Trinajstić information content (AvgIpc) is 2.62. The average molecular weight is 401 g/mol. The van der Waals surface area contributed by atoms with E-state index in [0.29, 0.717) is 29.3 Å². The lowest BCUT2D eigenvalue weighted by Crippen LogP contribution is -2.14. The first kappa shape index (κ1) is 21.5. The molecule has 0 spiro atoms. The quantitative estimate of drug-likeness (QED) is 0.619. The highest BCUT2D eigenvalue weighted by Crippen LogP contribution is 2.25. The lowest BCUT2D eigenvalue weighted by atomic mass is 10.1. The molecule has 2 N–H and O–H groups in total. The van der Waals surface area contributed by atoms with Crippen LogP contribution >= 0.6 is 11.8 Å². The molecule has 2 rings (SSSR count). The van der Waals surface area contributed by atoms with E-state index in [2.05, 4.69) is 10.6 Å². The highest BCUT2D eigenvalue weighted by molar-refractivity contribution is 7.99. The molecule has 2 amide bonds. The van der Waals surface area contributed by atoms with Gasteiger partial charge in [0.05, 0.1) is 12.4 Å². The number of amides is 2. The van der Waals surface area contributed by atoms with Gasteiger partial charge in [-0.15, -0.1) is 11.8 Å². The van der Waals surface area contributed by atoms with E-state index in [1.807, 2.05) is 13.0 Å². The molecule has 0 radical (unpaired) electrons. The van der Waals surface area contributed by atoms with Gasteiger partial charge in [-0.05, 0) is 50.2 Å². The molecule has 0 aliphatic heterocycles. The molecule has 0 saturated heterocycles. The minimum absolute atomic E-state index is 0.00825. The van der Waals surface area contributed by atoms with Gasteiger partial charge >= 0.3 is 0 Å². The maximum atomic E-state index is 12.2. The van der Waals surface area contributed by atoms with E-state index in [1.165, 1.54) is 25.6 Å². The fourth-order valence-electron chi connectivity index (χ4n) is 2.54. The molecule has 2 aromatic rings. The van der Waals surface area contributed by atoms with Gasteiger partial charge in [0, 0.05) is 35.2 Å². The maximum Gasteiger partial charge on any atom is 0.234 e. The van der Waals surface area contributed by atoms with E-state index < -0.39 is 0 Å². The second-order valence-corrected chi connectivity index (χ2v) is 7.10. The van der Waals surface area contributed by atoms with Gasteiger partial charge in [0.25, 0.3) is 0 Å². The normalized spacial score (nSPS) is 10.2. The molecule has 0 bridgehead atoms. The van der Waals surface area contributed by atoms with Gasteiger partial charge in [0.2, 0.25) is 11.8 Å². The van der Waals surface area contributed by atoms with Crippen LogP contribution < -0.4 is 15.4 Å². The number of benzene rings is 2. The molecule has 7 heteroatoms. The standard InChI is InChI=1S/C21H24N2O4S/c1-4-27-20-9-8-16(14(2)24)10-17(20)12-28-13-21(26)23-19-7-5-6-18(11-19)22-15(3)25/h5-11H,4,12-13H2,1-3H3,(H,22,25)(H,23,26). The first-order valence-electron chi connectivity index (χ1n) is 8.91. The molecule has 0 unspecified atom stereocenters. The van der Waals surface area contributed by atoms with Crippen LogP contribution in [0.3, 0.4) is 0 Å². The number of rotatable bonds is 9. The van der Waals surface area contributed by atoms with Crippen LogP contribution in [0.2, 0.25) is 0 Å². The molecular weight excluding hydrogens is 376 g/mol. The van der Waals surface area contributed by atoms with Gasteiger partial charge in [-0.2, -0.15) is 0 Å². The Bertz CT molecular complexity index is 867. The Balaban J connectivity index is 1.94. The number of nitrogens with one attached hydrogen (secondary N) is 2. The number of hydrogen-bond donors (Lipinski definition) is 2. The van der Waals surface area contributed by atoms with E-state index in [0.717, 1.165) is 11.3 Å². The van der Waals surface area contributed by atoms with Gasteiger partial charge in [-0.3, -0.25) is 14.4 Å². The van der Waals surface area contributed by atoms with Crippen molar-refractivity contribution in [1.29, 1.82) is 0 Å². The van der Waals surface area contributed by atoms with Crippen molar-refractivity contribution in [1.82, 2.24) is 0 Å². The van der Waals surface area contributed by atoms with Crippen LogP contribution in [-0.2, 0) is 15.3 Å². The molecule has 0 heterocycles. The summed E-state index contributed by atoms with van der Waals surface area (Å²) in [4.78, 5) is 35.0. The second-order valence-electron chi connectivity index (χ2n) is 6.11. The Hall–Kier alpha value is -2.80. The summed E-state index contributed by atoms with van der Waals surface area (Å²) < 4.78 is 5.61. The fourth-order valence-corrected chi connectivity index (χ4v) is 3.34. The summed E-state index contributed by atoms with van der Waals surface area (Å²) in [6, 6.07) is 12.3. The number of carbonyl (C=O) groups excluding carboxylic acids is 3. The number of Topliss-reactive ketones (excluding diaryl/α,β-unsaturated/α-hetero) is 1. The Morgan fingerprint density at radius 1 is 1.00 bits per heavy atom. The Labute approximate surface area is 169 Å². The van der Waals surface area contributed by atoms with E-state index in [9.17, 15) is 14.4 Å². The Morgan fingerprint density at radius 3 is 2.36 bits per heavy atom. The Morgan fingerprint density at radius 2 is 1.71 bits per heavy atom. The fraction of sp³-hybridized carbons (Fsp3) is 0.286. The van der Waals surface area contributed by atoms with Crippen molar-refractivity contribution >= 4 is 40.7 Å². The zero-order chi connectivity index (χ0) is 20.5. The zero-order valence-corrected chi connectivity index (χ0v) is 17.0. The van der Waals surface area contributed by atoms with E-state index in [4.69, 9.17) is 4.74 Å². The molecule has 2 aromatic carbocycles. The van der Waals surface area contributed by atoms with Gasteiger partial charge in [0.1, 0.15) is 5.75 Å². The highest BCUT2D eigenvalue weighted by atomic mass is 32.2. The smallest absolute Gasteiger partial charge is 0.234 e. The maximum absolute atomic E-state index is 12.2. The first-order chi connectivity index (χ1) is 13.4. The molecule has 0 aromatic heterocycles. The largest absolute Gasteiger partial charge is 0.494 e. The highest BCUT2D eigenvalue weighted by Gasteiger charge is 2.10. The molecule has 6 nitrogen and oxygen atoms in total. The minimum Gasteiger partial charge on any atom is -0.494 e. The van der Waals surface area contributed by atoms with Crippen LogP contribution in [0.15, 0.2) is 42.5 Å². The number of anilines is 2. The molecule has 0 saturated carbocycles. The molecular formula is C21H24N2O4S. The predicted octanol–water partition coefficient (Wildman–Crippen LogP) is 4.12. The Kier molecular flexibility index (Phi) is 8.07. The SMILES string of the molecule is CCOc1ccc(C(C)=O)cc1CSCC(=O)Nc1cccc(NC(C)=O)c1. The monoisotopic (exact) mass is 400 g/mol. The number of carbonyl (C=O) groups is 3. The van der Waals surface area contributed by atoms with E-state index in [-0.39, 0.29) is 23.4 Å². The summed E-state index contributed by atoms with van der Waals surface area (Å²) in [6.07, 6.45) is 0. The van der Waals surface area contributed by atoms with Gasteiger partial charge in [-0.25, -0.2) is 0 Å². The zero-order valence-electron chi connectivity index (χ0n) is 16.2. The van der Waals surface area contributed by atoms with Crippen LogP contribution in [0, 0.1) is 0 Å². The summed E-state index contributed by atoms with van der Waals surface area (Å²) in [5.74, 6) is 1.20. The third-order valence-electron chi connectivity index (χ3n) is 3.72. The second kappa shape index (κ2) is 10.5. The molecule has 148 valence electrons. The lowest BCUT2D eigenvalue weighted by Gasteiger charge is -2.12. The summed E-state index contributed by atoms with van der Waals surface area (Å²) in [7, 11) is 0. The third-order valence-corrected chi connectivity index (χ3v) is 4.71. The number of thioether (sulfide) groups is 1. The summed E-state index contributed by atoms with van der Waals surface area (Å²) in [5, 5.41) is 5.49. The molecule has 0 fully saturated rings. The number of hydrogen-bond acceptors (Lipinski definition) is 5. The van der Waals surface area contributed by atoms with Gasteiger partial charge < -0.3 is 15.4 Å².